The number of nitrogens with one attached hydrogen (secondary N) is 2. The van der Waals surface area contributed by atoms with Crippen molar-refractivity contribution < 1.29 is 0 Å². The Kier molecular flexibility index (Phi) is 5.81. The molecule has 0 amide bonds. The normalized spacial score (nSPS) is 19.6. The lowest BCUT2D eigenvalue weighted by Gasteiger charge is -2.34. The Bertz CT molecular complexity index is 1240. The van der Waals surface area contributed by atoms with Crippen molar-refractivity contribution in [2.45, 2.75) is 25.3 Å². The van der Waals surface area contributed by atoms with E-state index in [1.54, 1.807) is 0 Å². The Morgan fingerprint density at radius 2 is 1.62 bits per heavy atom. The van der Waals surface area contributed by atoms with E-state index in [1.165, 1.54) is 52.6 Å². The Morgan fingerprint density at radius 3 is 2.35 bits per heavy atom. The fraction of sp³-hybridized carbons (Fsp3) is 0.345. The first kappa shape index (κ1) is 21.4. The monoisotopic (exact) mass is 451 g/mol. The van der Waals surface area contributed by atoms with Gasteiger partial charge < -0.3 is 20.1 Å². The van der Waals surface area contributed by atoms with Gasteiger partial charge in [0.1, 0.15) is 5.65 Å². The van der Waals surface area contributed by atoms with Crippen LogP contribution in [0.15, 0.2) is 67.0 Å². The molecule has 4 aromatic rings. The molecule has 2 aliphatic rings. The van der Waals surface area contributed by atoms with Crippen LogP contribution in [0.25, 0.3) is 33.3 Å². The molecule has 2 saturated heterocycles. The van der Waals surface area contributed by atoms with Crippen LogP contribution in [-0.4, -0.2) is 54.6 Å². The summed E-state index contributed by atoms with van der Waals surface area (Å²) in [5, 5.41) is 4.82. The molecule has 5 heteroatoms. The number of piperidine rings is 1. The van der Waals surface area contributed by atoms with Gasteiger partial charge in [0.15, 0.2) is 0 Å². The summed E-state index contributed by atoms with van der Waals surface area (Å²) in [6.07, 6.45) is 7.90. The number of pyridine rings is 1. The van der Waals surface area contributed by atoms with Crippen LogP contribution in [0.3, 0.4) is 0 Å². The smallest absolute Gasteiger partial charge is 0.137 e. The molecule has 1 atom stereocenters. The van der Waals surface area contributed by atoms with Gasteiger partial charge in [0.05, 0.1) is 0 Å². The topological polar surface area (TPSA) is 47.2 Å². The van der Waals surface area contributed by atoms with E-state index in [1.807, 2.05) is 6.20 Å². The molecule has 0 radical (unpaired) electrons. The predicted octanol–water partition coefficient (Wildman–Crippen LogP) is 5.46. The van der Waals surface area contributed by atoms with Gasteiger partial charge in [-0.3, -0.25) is 0 Å². The first-order valence-electron chi connectivity index (χ1n) is 12.6. The highest BCUT2D eigenvalue weighted by Crippen LogP contribution is 2.33. The molecule has 34 heavy (non-hydrogen) atoms. The number of benzene rings is 2. The highest BCUT2D eigenvalue weighted by molar-refractivity contribution is 5.95. The van der Waals surface area contributed by atoms with Crippen molar-refractivity contribution in [2.24, 2.45) is 0 Å². The maximum atomic E-state index is 4.73. The second-order valence-corrected chi connectivity index (χ2v) is 9.78. The van der Waals surface area contributed by atoms with Gasteiger partial charge in [0.2, 0.25) is 0 Å². The number of likely N-dealkylation sites (N-methyl/N-ethyl adjacent to an activating group) is 1. The molecule has 1 unspecified atom stereocenters. The van der Waals surface area contributed by atoms with Crippen LogP contribution in [0.2, 0.25) is 0 Å². The average Bonchev–Trinajstić information content (AvgIpc) is 3.33. The number of rotatable bonds is 4. The van der Waals surface area contributed by atoms with Crippen LogP contribution in [-0.2, 0) is 0 Å². The number of anilines is 1. The largest absolute Gasteiger partial charge is 0.369 e. The zero-order chi connectivity index (χ0) is 22.9. The molecule has 0 aliphatic carbocycles. The first-order chi connectivity index (χ1) is 16.7. The van der Waals surface area contributed by atoms with Crippen molar-refractivity contribution in [3.8, 4) is 22.3 Å². The van der Waals surface area contributed by atoms with Gasteiger partial charge >= 0.3 is 0 Å². The highest BCUT2D eigenvalue weighted by atomic mass is 15.2. The van der Waals surface area contributed by atoms with Gasteiger partial charge in [-0.2, -0.15) is 0 Å². The second-order valence-electron chi connectivity index (χ2n) is 9.78. The van der Waals surface area contributed by atoms with Crippen molar-refractivity contribution in [2.75, 3.05) is 44.7 Å². The highest BCUT2D eigenvalue weighted by Gasteiger charge is 2.16. The van der Waals surface area contributed by atoms with Crippen LogP contribution in [0.4, 0.5) is 5.69 Å². The molecule has 6 rings (SSSR count). The summed E-state index contributed by atoms with van der Waals surface area (Å²) in [6.45, 7) is 5.55. The van der Waals surface area contributed by atoms with Crippen LogP contribution in [0.5, 0.6) is 0 Å². The maximum absolute atomic E-state index is 4.73. The number of hydrogen-bond donors (Lipinski definition) is 2. The van der Waals surface area contributed by atoms with E-state index in [4.69, 9.17) is 4.98 Å². The van der Waals surface area contributed by atoms with Gasteiger partial charge in [-0.05, 0) is 61.3 Å². The Hall–Kier alpha value is -3.15. The number of fused-ring (bicyclic) bond motifs is 1. The molecule has 2 aromatic heterocycles. The van der Waals surface area contributed by atoms with E-state index in [0.717, 1.165) is 43.9 Å². The molecule has 2 fully saturated rings. The second kappa shape index (κ2) is 9.24. The molecule has 4 heterocycles. The predicted molar refractivity (Wildman–Crippen MR) is 141 cm³/mol. The number of aromatic amines is 1. The Labute approximate surface area is 201 Å². The third-order valence-electron chi connectivity index (χ3n) is 7.53. The van der Waals surface area contributed by atoms with Gasteiger partial charge in [0, 0.05) is 66.8 Å². The molecule has 0 bridgehead atoms. The molecule has 174 valence electrons. The number of H-pyrrole nitrogens is 1. The molecule has 0 spiro atoms. The van der Waals surface area contributed by atoms with Crippen molar-refractivity contribution >= 4 is 16.7 Å². The van der Waals surface area contributed by atoms with Gasteiger partial charge in [-0.15, -0.1) is 0 Å². The fourth-order valence-electron chi connectivity index (χ4n) is 5.36. The molecule has 5 nitrogen and oxygen atoms in total. The number of hydrogen-bond acceptors (Lipinski definition) is 4. The van der Waals surface area contributed by atoms with Crippen molar-refractivity contribution in [3.63, 3.8) is 0 Å². The molecular weight excluding hydrogens is 418 g/mol. The van der Waals surface area contributed by atoms with E-state index in [9.17, 15) is 0 Å². The van der Waals surface area contributed by atoms with Crippen molar-refractivity contribution in [1.29, 1.82) is 0 Å². The summed E-state index contributed by atoms with van der Waals surface area (Å²) < 4.78 is 0. The number of aromatic nitrogens is 2. The maximum Gasteiger partial charge on any atom is 0.137 e. The van der Waals surface area contributed by atoms with Crippen LogP contribution >= 0.6 is 0 Å². The van der Waals surface area contributed by atoms with Gasteiger partial charge in [-0.25, -0.2) is 4.98 Å². The summed E-state index contributed by atoms with van der Waals surface area (Å²) >= 11 is 0. The quantitative estimate of drug-likeness (QED) is 0.432. The van der Waals surface area contributed by atoms with Crippen molar-refractivity contribution in [1.82, 2.24) is 20.2 Å². The Morgan fingerprint density at radius 1 is 0.853 bits per heavy atom. The van der Waals surface area contributed by atoms with E-state index in [-0.39, 0.29) is 0 Å². The van der Waals surface area contributed by atoms with E-state index in [0.29, 0.717) is 6.04 Å². The summed E-state index contributed by atoms with van der Waals surface area (Å²) in [7, 11) is 2.20. The van der Waals surface area contributed by atoms with Crippen LogP contribution < -0.4 is 10.2 Å². The van der Waals surface area contributed by atoms with Crippen molar-refractivity contribution in [3.05, 3.63) is 72.6 Å². The summed E-state index contributed by atoms with van der Waals surface area (Å²) in [6, 6.07) is 20.8. The minimum atomic E-state index is 0.493. The van der Waals surface area contributed by atoms with Crippen LogP contribution in [0, 0.1) is 0 Å². The minimum absolute atomic E-state index is 0.493. The zero-order valence-electron chi connectivity index (χ0n) is 19.9. The summed E-state index contributed by atoms with van der Waals surface area (Å²) in [4.78, 5) is 13.0. The van der Waals surface area contributed by atoms with Gasteiger partial charge in [-0.1, -0.05) is 42.8 Å². The molecule has 2 aromatic carbocycles. The molecule has 2 N–H and O–H groups in total. The summed E-state index contributed by atoms with van der Waals surface area (Å²) in [5.41, 5.74) is 8.44. The third kappa shape index (κ3) is 4.22. The van der Waals surface area contributed by atoms with E-state index >= 15 is 0 Å². The lowest BCUT2D eigenvalue weighted by atomic mass is 9.95. The average molecular weight is 452 g/mol. The minimum Gasteiger partial charge on any atom is -0.369 e. The summed E-state index contributed by atoms with van der Waals surface area (Å²) in [5.74, 6) is 0. The third-order valence-corrected chi connectivity index (χ3v) is 7.53. The number of piperazine rings is 1. The van der Waals surface area contributed by atoms with Crippen LogP contribution in [0.1, 0.15) is 30.9 Å². The molecule has 2 aliphatic heterocycles. The zero-order valence-corrected chi connectivity index (χ0v) is 19.9. The SMILES string of the molecule is CN1CCN(c2ccc(-c3cnc4[nH]cc(-c5ccc(C6CCCCN6)cc5)c4c3)cc2)CC1. The van der Waals surface area contributed by atoms with E-state index < -0.39 is 0 Å². The van der Waals surface area contributed by atoms with E-state index in [2.05, 4.69) is 87.9 Å². The fourth-order valence-corrected chi connectivity index (χ4v) is 5.36. The lowest BCUT2D eigenvalue weighted by molar-refractivity contribution is 0.313. The lowest BCUT2D eigenvalue weighted by Crippen LogP contribution is -2.44. The molecular formula is C29H33N5. The van der Waals surface area contributed by atoms with Gasteiger partial charge in [0.25, 0.3) is 0 Å². The Balaban J connectivity index is 1.25. The first-order valence-corrected chi connectivity index (χ1v) is 12.6. The molecule has 0 saturated carbocycles. The standard InChI is InChI=1S/C29H33N5/c1-33-14-16-34(17-15-33)25-11-9-21(10-12-25)24-18-26-27(20-32-29(26)31-19-24)22-5-7-23(8-6-22)28-4-2-3-13-30-28/h5-12,18-20,28,30H,2-4,13-17H2,1H3,(H,31,32). The number of nitrogens with zero attached hydrogens (tertiary/aromatic N) is 3.